The number of methoxy groups -OCH3 is 1. The van der Waals surface area contributed by atoms with E-state index in [0.29, 0.717) is 0 Å². The molecule has 0 radical (unpaired) electrons. The summed E-state index contributed by atoms with van der Waals surface area (Å²) in [6.45, 7) is 1.74. The van der Waals surface area contributed by atoms with Gasteiger partial charge in [-0.3, -0.25) is 0 Å². The Labute approximate surface area is 70.1 Å². The Balaban J connectivity index is 2.70. The van der Waals surface area contributed by atoms with Gasteiger partial charge < -0.3 is 9.84 Å². The van der Waals surface area contributed by atoms with E-state index in [9.17, 15) is 5.11 Å². The first-order valence-corrected chi connectivity index (χ1v) is 3.60. The lowest BCUT2D eigenvalue weighted by Crippen LogP contribution is -2.18. The highest BCUT2D eigenvalue weighted by molar-refractivity contribution is 4.86. The zero-order valence-electron chi connectivity index (χ0n) is 7.30. The zero-order chi connectivity index (χ0) is 9.14. The van der Waals surface area contributed by atoms with Gasteiger partial charge in [0.25, 0.3) is 0 Å². The molecule has 1 aromatic rings. The maximum atomic E-state index is 9.50. The van der Waals surface area contributed by atoms with Crippen molar-refractivity contribution in [3.63, 3.8) is 0 Å². The predicted molar refractivity (Wildman–Crippen MR) is 40.2 cm³/mol. The molecule has 1 N–H and O–H groups in total. The minimum Gasteiger partial charge on any atom is -0.382 e. The molecular formula is C6H12N4O2. The van der Waals surface area contributed by atoms with Gasteiger partial charge in [0, 0.05) is 7.11 Å². The Hall–Kier alpha value is -1.01. The standard InChI is InChI=1S/C6H12N4O2/c1-4(12-3)5(11)6-7-9-10(2)8-6/h4-5,11H,1-3H3. The summed E-state index contributed by atoms with van der Waals surface area (Å²) in [6, 6.07) is 0. The van der Waals surface area contributed by atoms with Gasteiger partial charge >= 0.3 is 0 Å². The third-order valence-corrected chi connectivity index (χ3v) is 1.60. The van der Waals surface area contributed by atoms with Crippen LogP contribution in [0.3, 0.4) is 0 Å². The van der Waals surface area contributed by atoms with E-state index in [1.807, 2.05) is 0 Å². The van der Waals surface area contributed by atoms with Crippen molar-refractivity contribution in [1.82, 2.24) is 20.2 Å². The number of ether oxygens (including phenoxy) is 1. The Kier molecular flexibility index (Phi) is 2.72. The summed E-state index contributed by atoms with van der Waals surface area (Å²) in [7, 11) is 3.16. The van der Waals surface area contributed by atoms with Crippen LogP contribution in [-0.2, 0) is 11.8 Å². The predicted octanol–water partition coefficient (Wildman–Crippen LogP) is -0.722. The van der Waals surface area contributed by atoms with Crippen molar-refractivity contribution in [1.29, 1.82) is 0 Å². The Morgan fingerprint density at radius 1 is 1.58 bits per heavy atom. The number of aromatic nitrogens is 4. The number of aliphatic hydroxyl groups is 1. The highest BCUT2D eigenvalue weighted by Gasteiger charge is 2.20. The third kappa shape index (κ3) is 1.77. The van der Waals surface area contributed by atoms with Crippen LogP contribution in [0.1, 0.15) is 18.9 Å². The minimum absolute atomic E-state index is 0.284. The molecule has 0 fully saturated rings. The van der Waals surface area contributed by atoms with Crippen molar-refractivity contribution in [2.75, 3.05) is 7.11 Å². The SMILES string of the molecule is COC(C)C(O)c1nnn(C)n1. The molecule has 6 nitrogen and oxygen atoms in total. The van der Waals surface area contributed by atoms with E-state index in [1.165, 1.54) is 11.9 Å². The third-order valence-electron chi connectivity index (χ3n) is 1.60. The second-order valence-corrected chi connectivity index (χ2v) is 2.52. The van der Waals surface area contributed by atoms with Gasteiger partial charge in [0.2, 0.25) is 5.82 Å². The minimum atomic E-state index is -0.816. The number of hydrogen-bond donors (Lipinski definition) is 1. The molecule has 0 saturated heterocycles. The molecule has 0 aliphatic heterocycles. The number of aliphatic hydroxyl groups excluding tert-OH is 1. The highest BCUT2D eigenvalue weighted by atomic mass is 16.5. The summed E-state index contributed by atoms with van der Waals surface area (Å²) in [5.74, 6) is 0.284. The fraction of sp³-hybridized carbons (Fsp3) is 0.833. The van der Waals surface area contributed by atoms with Gasteiger partial charge in [0.05, 0.1) is 13.2 Å². The molecule has 0 amide bonds. The molecule has 1 heterocycles. The first-order valence-electron chi connectivity index (χ1n) is 3.60. The summed E-state index contributed by atoms with van der Waals surface area (Å²) in [5, 5.41) is 20.6. The Morgan fingerprint density at radius 3 is 2.67 bits per heavy atom. The van der Waals surface area contributed by atoms with Gasteiger partial charge in [0.1, 0.15) is 6.10 Å². The van der Waals surface area contributed by atoms with Crippen LogP contribution >= 0.6 is 0 Å². The van der Waals surface area contributed by atoms with Crippen molar-refractivity contribution >= 4 is 0 Å². The average molecular weight is 172 g/mol. The van der Waals surface area contributed by atoms with Gasteiger partial charge in [-0.15, -0.1) is 10.2 Å². The lowest BCUT2D eigenvalue weighted by molar-refractivity contribution is -0.00607. The molecule has 12 heavy (non-hydrogen) atoms. The van der Waals surface area contributed by atoms with E-state index in [2.05, 4.69) is 15.4 Å². The summed E-state index contributed by atoms with van der Waals surface area (Å²) in [4.78, 5) is 1.29. The summed E-state index contributed by atoms with van der Waals surface area (Å²) >= 11 is 0. The molecule has 0 aliphatic rings. The first kappa shape index (κ1) is 9.08. The van der Waals surface area contributed by atoms with Crippen molar-refractivity contribution in [2.24, 2.45) is 7.05 Å². The van der Waals surface area contributed by atoms with E-state index >= 15 is 0 Å². The highest BCUT2D eigenvalue weighted by Crippen LogP contribution is 2.12. The van der Waals surface area contributed by atoms with Crippen LogP contribution in [0.15, 0.2) is 0 Å². The molecule has 1 aromatic heterocycles. The fourth-order valence-electron chi connectivity index (χ4n) is 0.756. The molecule has 6 heteroatoms. The van der Waals surface area contributed by atoms with Crippen LogP contribution in [0.25, 0.3) is 0 Å². The van der Waals surface area contributed by atoms with Gasteiger partial charge in [0.15, 0.2) is 0 Å². The summed E-state index contributed by atoms with van der Waals surface area (Å²) in [5.41, 5.74) is 0. The Bertz CT molecular complexity index is 249. The topological polar surface area (TPSA) is 73.1 Å². The van der Waals surface area contributed by atoms with Crippen LogP contribution in [0, 0.1) is 0 Å². The maximum absolute atomic E-state index is 9.50. The molecular weight excluding hydrogens is 160 g/mol. The smallest absolute Gasteiger partial charge is 0.205 e. The lowest BCUT2D eigenvalue weighted by Gasteiger charge is -2.12. The fourth-order valence-corrected chi connectivity index (χ4v) is 0.756. The first-order chi connectivity index (χ1) is 5.65. The van der Waals surface area contributed by atoms with Crippen LogP contribution < -0.4 is 0 Å². The second kappa shape index (κ2) is 3.59. The molecule has 0 aliphatic carbocycles. The van der Waals surface area contributed by atoms with Crippen LogP contribution in [0.5, 0.6) is 0 Å². The molecule has 0 saturated carbocycles. The van der Waals surface area contributed by atoms with Crippen molar-refractivity contribution < 1.29 is 9.84 Å². The molecule has 0 bridgehead atoms. The number of aryl methyl sites for hydroxylation is 1. The van der Waals surface area contributed by atoms with E-state index < -0.39 is 6.10 Å². The normalized spacial score (nSPS) is 16.0. The number of tetrazole rings is 1. The molecule has 2 atom stereocenters. The summed E-state index contributed by atoms with van der Waals surface area (Å²) in [6.07, 6.45) is -1.14. The van der Waals surface area contributed by atoms with E-state index in [1.54, 1.807) is 14.0 Å². The zero-order valence-corrected chi connectivity index (χ0v) is 7.30. The second-order valence-electron chi connectivity index (χ2n) is 2.52. The molecule has 0 aromatic carbocycles. The lowest BCUT2D eigenvalue weighted by atomic mass is 10.2. The maximum Gasteiger partial charge on any atom is 0.205 e. The largest absolute Gasteiger partial charge is 0.382 e. The van der Waals surface area contributed by atoms with E-state index in [-0.39, 0.29) is 11.9 Å². The van der Waals surface area contributed by atoms with Gasteiger partial charge in [-0.25, -0.2) is 0 Å². The number of rotatable bonds is 3. The van der Waals surface area contributed by atoms with Crippen molar-refractivity contribution in [3.05, 3.63) is 5.82 Å². The molecule has 0 spiro atoms. The van der Waals surface area contributed by atoms with Gasteiger partial charge in [-0.05, 0) is 12.1 Å². The molecule has 2 unspecified atom stereocenters. The number of hydrogen-bond acceptors (Lipinski definition) is 5. The van der Waals surface area contributed by atoms with Gasteiger partial charge in [-0.1, -0.05) is 0 Å². The van der Waals surface area contributed by atoms with E-state index in [0.717, 1.165) is 0 Å². The Morgan fingerprint density at radius 2 is 2.25 bits per heavy atom. The monoisotopic (exact) mass is 172 g/mol. The van der Waals surface area contributed by atoms with Crippen LogP contribution in [-0.4, -0.2) is 38.5 Å². The molecule has 1 rings (SSSR count). The quantitative estimate of drug-likeness (QED) is 0.651. The van der Waals surface area contributed by atoms with E-state index in [4.69, 9.17) is 4.74 Å². The number of nitrogens with zero attached hydrogens (tertiary/aromatic N) is 4. The van der Waals surface area contributed by atoms with Crippen molar-refractivity contribution in [3.8, 4) is 0 Å². The van der Waals surface area contributed by atoms with Crippen LogP contribution in [0.2, 0.25) is 0 Å². The summed E-state index contributed by atoms with van der Waals surface area (Å²) < 4.78 is 4.91. The average Bonchev–Trinajstić information content (AvgIpc) is 2.49. The van der Waals surface area contributed by atoms with Crippen molar-refractivity contribution in [2.45, 2.75) is 19.1 Å². The van der Waals surface area contributed by atoms with Crippen LogP contribution in [0.4, 0.5) is 0 Å². The van der Waals surface area contributed by atoms with Gasteiger partial charge in [-0.2, -0.15) is 4.80 Å². The molecule has 68 valence electrons.